The van der Waals surface area contributed by atoms with Gasteiger partial charge < -0.3 is 5.32 Å². The monoisotopic (exact) mass is 235 g/mol. The molecule has 0 saturated carbocycles. The highest BCUT2D eigenvalue weighted by atomic mass is 16.1. The lowest BCUT2D eigenvalue weighted by molar-refractivity contribution is -0.116. The van der Waals surface area contributed by atoms with Crippen LogP contribution in [0.3, 0.4) is 0 Å². The maximum atomic E-state index is 11.5. The predicted molar refractivity (Wildman–Crippen MR) is 66.3 cm³/mol. The van der Waals surface area contributed by atoms with Crippen molar-refractivity contribution in [1.29, 1.82) is 0 Å². The molecule has 0 atom stereocenters. The van der Waals surface area contributed by atoms with E-state index in [1.54, 1.807) is 0 Å². The Hall–Kier alpha value is -1.82. The normalized spacial score (nSPS) is 14.3. The summed E-state index contributed by atoms with van der Waals surface area (Å²) >= 11 is 0. The number of hydrogen-bond acceptors (Lipinski definition) is 4. The van der Waals surface area contributed by atoms with Crippen LogP contribution < -0.4 is 16.2 Å². The van der Waals surface area contributed by atoms with Gasteiger partial charge in [-0.2, -0.15) is 5.10 Å². The average molecular weight is 235 g/mol. The second kappa shape index (κ2) is 4.58. The van der Waals surface area contributed by atoms with Crippen molar-refractivity contribution >= 4 is 17.5 Å². The Morgan fingerprint density at radius 2 is 2.47 bits per heavy atom. The number of allylic oxidation sites excluding steroid dienone is 1. The number of nitrogens with one attached hydrogen (secondary N) is 2. The lowest BCUT2D eigenvalue weighted by Gasteiger charge is -2.19. The molecule has 1 aromatic rings. The summed E-state index contributed by atoms with van der Waals surface area (Å²) in [4.78, 5) is 11.5. The average Bonchev–Trinajstić information content (AvgIpc) is 2.62. The number of carbonyl (C=O) groups excluding carboxylic acids is 1. The number of fused-ring (bicyclic) bond motifs is 1. The van der Waals surface area contributed by atoms with E-state index in [1.165, 1.54) is 5.01 Å². The van der Waals surface area contributed by atoms with Gasteiger partial charge in [0.25, 0.3) is 0 Å². The molecule has 6 nitrogen and oxygen atoms in total. The van der Waals surface area contributed by atoms with E-state index in [-0.39, 0.29) is 5.91 Å². The van der Waals surface area contributed by atoms with Gasteiger partial charge >= 0.3 is 0 Å². The highest BCUT2D eigenvalue weighted by Gasteiger charge is 2.21. The first-order valence-corrected chi connectivity index (χ1v) is 5.70. The van der Waals surface area contributed by atoms with Crippen LogP contribution in [0.1, 0.15) is 32.3 Å². The van der Waals surface area contributed by atoms with Gasteiger partial charge in [-0.25, -0.2) is 5.84 Å². The quantitative estimate of drug-likeness (QED) is 0.689. The second-order valence-corrected chi connectivity index (χ2v) is 4.26. The molecule has 0 saturated heterocycles. The van der Waals surface area contributed by atoms with Crippen LogP contribution in [-0.2, 0) is 11.2 Å². The van der Waals surface area contributed by atoms with E-state index in [0.29, 0.717) is 18.1 Å². The molecule has 17 heavy (non-hydrogen) atoms. The number of rotatable bonds is 3. The Morgan fingerprint density at radius 1 is 1.71 bits per heavy atom. The lowest BCUT2D eigenvalue weighted by atomic mass is 10.1. The molecule has 1 aliphatic heterocycles. The highest BCUT2D eigenvalue weighted by Crippen LogP contribution is 2.30. The molecule has 0 spiro atoms. The van der Waals surface area contributed by atoms with E-state index < -0.39 is 0 Å². The Morgan fingerprint density at radius 3 is 3.18 bits per heavy atom. The summed E-state index contributed by atoms with van der Waals surface area (Å²) in [5, 5.41) is 11.2. The smallest absolute Gasteiger partial charge is 0.225 e. The first-order chi connectivity index (χ1) is 8.11. The molecule has 1 amide bonds. The minimum Gasteiger partial charge on any atom is -0.311 e. The number of hydrogen-bond donors (Lipinski definition) is 3. The molecule has 0 aromatic carbocycles. The van der Waals surface area contributed by atoms with Crippen LogP contribution in [0.5, 0.6) is 0 Å². The van der Waals surface area contributed by atoms with Crippen molar-refractivity contribution in [1.82, 2.24) is 10.2 Å². The van der Waals surface area contributed by atoms with E-state index in [2.05, 4.69) is 15.5 Å². The van der Waals surface area contributed by atoms with Crippen molar-refractivity contribution in [2.45, 2.75) is 33.1 Å². The van der Waals surface area contributed by atoms with Crippen LogP contribution in [0.25, 0.3) is 0 Å². The van der Waals surface area contributed by atoms with Gasteiger partial charge in [0.15, 0.2) is 5.82 Å². The van der Waals surface area contributed by atoms with Crippen LogP contribution >= 0.6 is 0 Å². The van der Waals surface area contributed by atoms with E-state index in [9.17, 15) is 4.79 Å². The summed E-state index contributed by atoms with van der Waals surface area (Å²) in [5.41, 5.74) is 2.07. The SMILES string of the molecule is CCCC(=O)Nc1[nH]nc2c1CC(C)=CN2N. The molecule has 0 radical (unpaired) electrons. The van der Waals surface area contributed by atoms with Crippen molar-refractivity contribution in [2.24, 2.45) is 5.84 Å². The minimum absolute atomic E-state index is 0.00488. The van der Waals surface area contributed by atoms with Gasteiger partial charge in [0.2, 0.25) is 5.91 Å². The standard InChI is InChI=1S/C11H17N5O/c1-3-4-9(17)13-10-8-5-7(2)6-16(12)11(8)15-14-10/h6H,3-5,12H2,1-2H3,(H2,13,14,15,17). The van der Waals surface area contributed by atoms with E-state index in [4.69, 9.17) is 5.84 Å². The van der Waals surface area contributed by atoms with Crippen molar-refractivity contribution in [3.8, 4) is 0 Å². The molecular formula is C11H17N5O. The van der Waals surface area contributed by atoms with Gasteiger partial charge in [0.1, 0.15) is 5.82 Å². The summed E-state index contributed by atoms with van der Waals surface area (Å²) in [6.45, 7) is 3.96. The second-order valence-electron chi connectivity index (χ2n) is 4.26. The van der Waals surface area contributed by atoms with Gasteiger partial charge in [-0.15, -0.1) is 0 Å². The third kappa shape index (κ3) is 2.31. The summed E-state index contributed by atoms with van der Waals surface area (Å²) in [6, 6.07) is 0. The first kappa shape index (κ1) is 11.7. The maximum Gasteiger partial charge on any atom is 0.225 e. The number of anilines is 2. The van der Waals surface area contributed by atoms with E-state index in [0.717, 1.165) is 24.0 Å². The molecule has 0 aliphatic carbocycles. The highest BCUT2D eigenvalue weighted by molar-refractivity contribution is 5.91. The van der Waals surface area contributed by atoms with Crippen molar-refractivity contribution < 1.29 is 4.79 Å². The van der Waals surface area contributed by atoms with Gasteiger partial charge in [-0.3, -0.25) is 14.9 Å². The van der Waals surface area contributed by atoms with Crippen LogP contribution in [-0.4, -0.2) is 16.1 Å². The third-order valence-corrected chi connectivity index (χ3v) is 2.65. The number of nitrogens with two attached hydrogens (primary N) is 1. The Balaban J connectivity index is 2.20. The van der Waals surface area contributed by atoms with E-state index >= 15 is 0 Å². The van der Waals surface area contributed by atoms with Gasteiger partial charge in [-0.05, 0) is 13.3 Å². The van der Waals surface area contributed by atoms with Crippen LogP contribution in [0.15, 0.2) is 11.8 Å². The molecule has 2 rings (SSSR count). The summed E-state index contributed by atoms with van der Waals surface area (Å²) in [5.74, 6) is 7.12. The topological polar surface area (TPSA) is 87.0 Å². The van der Waals surface area contributed by atoms with Crippen LogP contribution in [0, 0.1) is 0 Å². The number of aromatic amines is 1. The fourth-order valence-electron chi connectivity index (χ4n) is 1.89. The van der Waals surface area contributed by atoms with Crippen molar-refractivity contribution in [3.63, 3.8) is 0 Å². The summed E-state index contributed by atoms with van der Waals surface area (Å²) < 4.78 is 0. The summed E-state index contributed by atoms with van der Waals surface area (Å²) in [6.07, 6.45) is 3.92. The van der Waals surface area contributed by atoms with Crippen molar-refractivity contribution in [3.05, 3.63) is 17.3 Å². The minimum atomic E-state index is -0.00488. The molecular weight excluding hydrogens is 218 g/mol. The zero-order chi connectivity index (χ0) is 12.4. The Kier molecular flexibility index (Phi) is 3.14. The van der Waals surface area contributed by atoms with E-state index in [1.807, 2.05) is 20.0 Å². The number of hydrazine groups is 1. The number of amides is 1. The molecule has 6 heteroatoms. The molecule has 1 aliphatic rings. The van der Waals surface area contributed by atoms with Gasteiger partial charge in [0, 0.05) is 24.6 Å². The van der Waals surface area contributed by atoms with Crippen LogP contribution in [0.4, 0.5) is 11.6 Å². The number of aromatic nitrogens is 2. The lowest BCUT2D eigenvalue weighted by Crippen LogP contribution is -2.28. The zero-order valence-corrected chi connectivity index (χ0v) is 10.1. The van der Waals surface area contributed by atoms with Gasteiger partial charge in [-0.1, -0.05) is 12.5 Å². The first-order valence-electron chi connectivity index (χ1n) is 5.70. The molecule has 0 bridgehead atoms. The fourth-order valence-corrected chi connectivity index (χ4v) is 1.89. The molecule has 0 unspecified atom stereocenters. The van der Waals surface area contributed by atoms with Crippen LogP contribution in [0.2, 0.25) is 0 Å². The Bertz CT molecular complexity index is 462. The van der Waals surface area contributed by atoms with Gasteiger partial charge in [0.05, 0.1) is 0 Å². The fraction of sp³-hybridized carbons (Fsp3) is 0.455. The molecule has 0 fully saturated rings. The third-order valence-electron chi connectivity index (χ3n) is 2.65. The molecule has 1 aromatic heterocycles. The summed E-state index contributed by atoms with van der Waals surface area (Å²) in [7, 11) is 0. The largest absolute Gasteiger partial charge is 0.311 e. The number of H-pyrrole nitrogens is 1. The van der Waals surface area contributed by atoms with Crippen molar-refractivity contribution in [2.75, 3.05) is 10.3 Å². The molecule has 92 valence electrons. The Labute approximate surface area is 99.8 Å². The number of carbonyl (C=O) groups is 1. The molecule has 2 heterocycles. The molecule has 4 N–H and O–H groups in total. The zero-order valence-electron chi connectivity index (χ0n) is 10.1. The number of nitrogens with zero attached hydrogens (tertiary/aromatic N) is 2. The predicted octanol–water partition coefficient (Wildman–Crippen LogP) is 1.29. The maximum absolute atomic E-state index is 11.5.